The average Bonchev–Trinajstić information content (AvgIpc) is 1.96. The summed E-state index contributed by atoms with van der Waals surface area (Å²) in [5.41, 5.74) is 6.34. The van der Waals surface area contributed by atoms with Crippen LogP contribution in [0.15, 0.2) is 16.5 Å². The van der Waals surface area contributed by atoms with Crippen LogP contribution in [0.25, 0.3) is 0 Å². The van der Waals surface area contributed by atoms with Crippen LogP contribution in [-0.2, 0) is 0 Å². The maximum Gasteiger partial charge on any atom is 0.144 e. The van der Waals surface area contributed by atoms with Gasteiger partial charge in [-0.25, -0.2) is 4.99 Å². The molecule has 0 bridgehead atoms. The van der Waals surface area contributed by atoms with Gasteiger partial charge >= 0.3 is 0 Å². The molecule has 0 aromatic heterocycles. The number of aliphatic imine (C=N–C) groups is 1. The number of nitrogens with two attached hydrogens (primary N) is 1. The van der Waals surface area contributed by atoms with Gasteiger partial charge in [0.15, 0.2) is 0 Å². The first kappa shape index (κ1) is 11.7. The molecular weight excluding hydrogens is 265 g/mol. The highest BCUT2D eigenvalue weighted by Gasteiger charge is 1.94. The molecule has 0 radical (unpaired) electrons. The summed E-state index contributed by atoms with van der Waals surface area (Å²) in [6, 6.07) is 0. The van der Waals surface area contributed by atoms with Crippen molar-refractivity contribution in [3.05, 3.63) is 11.5 Å². The molecule has 0 aliphatic heterocycles. The van der Waals surface area contributed by atoms with Crippen molar-refractivity contribution < 1.29 is 0 Å². The summed E-state index contributed by atoms with van der Waals surface area (Å²) >= 11 is 2.29. The van der Waals surface area contributed by atoms with Gasteiger partial charge in [-0.15, -0.1) is 0 Å². The third-order valence-electron chi connectivity index (χ3n) is 1.13. The quantitative estimate of drug-likeness (QED) is 0.467. The van der Waals surface area contributed by atoms with Gasteiger partial charge in [0.2, 0.25) is 0 Å². The van der Waals surface area contributed by atoms with Gasteiger partial charge in [0.05, 0.1) is 0 Å². The fourth-order valence-electron chi connectivity index (χ4n) is 0.632. The third kappa shape index (κ3) is 5.40. The summed E-state index contributed by atoms with van der Waals surface area (Å²) in [6.07, 6.45) is 1.87. The smallest absolute Gasteiger partial charge is 0.144 e. The molecule has 0 spiro atoms. The first-order valence-electron chi connectivity index (χ1n) is 3.96. The lowest BCUT2D eigenvalue weighted by Gasteiger charge is -2.05. The summed E-state index contributed by atoms with van der Waals surface area (Å²) in [7, 11) is 0. The molecule has 0 aromatic carbocycles. The first-order chi connectivity index (χ1) is 5.57. The Morgan fingerprint density at radius 3 is 2.67 bits per heavy atom. The van der Waals surface area contributed by atoms with Crippen molar-refractivity contribution in [3.8, 4) is 0 Å². The van der Waals surface area contributed by atoms with E-state index in [9.17, 15) is 0 Å². The normalized spacial score (nSPS) is 16.0. The number of rotatable bonds is 4. The molecule has 0 saturated carbocycles. The minimum atomic E-state index is 0.426. The lowest BCUT2D eigenvalue weighted by Crippen LogP contribution is -2.15. The van der Waals surface area contributed by atoms with Crippen LogP contribution in [0.5, 0.6) is 0 Å². The summed E-state index contributed by atoms with van der Waals surface area (Å²) in [4.78, 5) is 4.22. The number of alkyl halides is 1. The van der Waals surface area contributed by atoms with Gasteiger partial charge in [-0.3, -0.25) is 0 Å². The Labute approximate surface area is 87.7 Å². The van der Waals surface area contributed by atoms with E-state index in [0.29, 0.717) is 3.92 Å². The molecule has 1 unspecified atom stereocenters. The summed E-state index contributed by atoms with van der Waals surface area (Å²) in [6.45, 7) is 6.77. The number of hydrogen-bond acceptors (Lipinski definition) is 3. The molecule has 0 heterocycles. The van der Waals surface area contributed by atoms with Crippen molar-refractivity contribution >= 4 is 28.8 Å². The highest BCUT2D eigenvalue weighted by Crippen LogP contribution is 1.99. The minimum Gasteiger partial charge on any atom is -0.399 e. The summed E-state index contributed by atoms with van der Waals surface area (Å²) in [5, 5.41) is 3.09. The number of hydrogen-bond donors (Lipinski definition) is 2. The highest BCUT2D eigenvalue weighted by molar-refractivity contribution is 14.1. The number of allylic oxidation sites excluding steroid dienone is 1. The van der Waals surface area contributed by atoms with Gasteiger partial charge < -0.3 is 11.1 Å². The summed E-state index contributed by atoms with van der Waals surface area (Å²) < 4.78 is 0.426. The molecule has 0 aliphatic carbocycles. The lowest BCUT2D eigenvalue weighted by atomic mass is 10.4. The third-order valence-corrected chi connectivity index (χ3v) is 1.45. The topological polar surface area (TPSA) is 50.4 Å². The standard InChI is InChI=1S/C8H16IN3/c1-4-11-8(7(3)10)12-5-6(2)9/h5-6,11H,4,10H2,1-3H3/b8-7+,12-5?. The Hall–Kier alpha value is -0.260. The van der Waals surface area contributed by atoms with E-state index in [2.05, 4.69) is 39.8 Å². The Kier molecular flexibility index (Phi) is 6.14. The van der Waals surface area contributed by atoms with E-state index in [1.807, 2.05) is 20.1 Å². The second-order valence-corrected chi connectivity index (χ2v) is 4.48. The van der Waals surface area contributed by atoms with Gasteiger partial charge in [0.1, 0.15) is 5.82 Å². The van der Waals surface area contributed by atoms with E-state index in [-0.39, 0.29) is 0 Å². The maximum absolute atomic E-state index is 5.61. The molecule has 4 heteroatoms. The minimum absolute atomic E-state index is 0.426. The maximum atomic E-state index is 5.61. The molecule has 0 aromatic rings. The Balaban J connectivity index is 4.25. The lowest BCUT2D eigenvalue weighted by molar-refractivity contribution is 0.821. The average molecular weight is 281 g/mol. The largest absolute Gasteiger partial charge is 0.399 e. The SMILES string of the molecule is CCN/C(N=CC(C)I)=C(/C)N. The Morgan fingerprint density at radius 1 is 1.75 bits per heavy atom. The van der Waals surface area contributed by atoms with Gasteiger partial charge in [-0.2, -0.15) is 0 Å². The Bertz CT molecular complexity index is 181. The van der Waals surface area contributed by atoms with Crippen LogP contribution in [0.4, 0.5) is 0 Å². The number of halogens is 1. The zero-order chi connectivity index (χ0) is 9.56. The zero-order valence-electron chi connectivity index (χ0n) is 7.76. The van der Waals surface area contributed by atoms with E-state index in [1.54, 1.807) is 0 Å². The fraction of sp³-hybridized carbons (Fsp3) is 0.625. The predicted octanol–water partition coefficient (Wildman–Crippen LogP) is 1.64. The van der Waals surface area contributed by atoms with E-state index in [0.717, 1.165) is 18.1 Å². The van der Waals surface area contributed by atoms with Crippen LogP contribution >= 0.6 is 22.6 Å². The number of nitrogens with zero attached hydrogens (tertiary/aromatic N) is 1. The monoisotopic (exact) mass is 281 g/mol. The molecule has 0 aliphatic rings. The van der Waals surface area contributed by atoms with Crippen LogP contribution in [0.3, 0.4) is 0 Å². The van der Waals surface area contributed by atoms with Crippen LogP contribution in [0, 0.1) is 0 Å². The predicted molar refractivity (Wildman–Crippen MR) is 62.5 cm³/mol. The van der Waals surface area contributed by atoms with Gasteiger partial charge in [0, 0.05) is 22.4 Å². The fourth-order valence-corrected chi connectivity index (χ4v) is 0.792. The van der Waals surface area contributed by atoms with E-state index in [1.165, 1.54) is 0 Å². The van der Waals surface area contributed by atoms with Crippen LogP contribution in [-0.4, -0.2) is 16.7 Å². The summed E-state index contributed by atoms with van der Waals surface area (Å²) in [5.74, 6) is 0.779. The van der Waals surface area contributed by atoms with Gasteiger partial charge in [0.25, 0.3) is 0 Å². The van der Waals surface area contributed by atoms with E-state index >= 15 is 0 Å². The van der Waals surface area contributed by atoms with E-state index in [4.69, 9.17) is 5.73 Å². The second-order valence-electron chi connectivity index (χ2n) is 2.52. The van der Waals surface area contributed by atoms with Crippen molar-refractivity contribution in [1.82, 2.24) is 5.32 Å². The molecule has 1 atom stereocenters. The van der Waals surface area contributed by atoms with Crippen LogP contribution in [0.1, 0.15) is 20.8 Å². The van der Waals surface area contributed by atoms with Gasteiger partial charge in [-0.05, 0) is 20.8 Å². The molecule has 0 amide bonds. The zero-order valence-corrected chi connectivity index (χ0v) is 9.92. The van der Waals surface area contributed by atoms with Crippen molar-refractivity contribution in [1.29, 1.82) is 0 Å². The van der Waals surface area contributed by atoms with Crippen molar-refractivity contribution in [2.75, 3.05) is 6.54 Å². The van der Waals surface area contributed by atoms with Gasteiger partial charge in [-0.1, -0.05) is 22.6 Å². The van der Waals surface area contributed by atoms with Crippen LogP contribution in [0.2, 0.25) is 0 Å². The molecule has 3 N–H and O–H groups in total. The van der Waals surface area contributed by atoms with Crippen molar-refractivity contribution in [2.24, 2.45) is 10.7 Å². The molecular formula is C8H16IN3. The first-order valence-corrected chi connectivity index (χ1v) is 5.21. The van der Waals surface area contributed by atoms with Crippen molar-refractivity contribution in [3.63, 3.8) is 0 Å². The molecule has 0 saturated heterocycles. The van der Waals surface area contributed by atoms with Crippen molar-refractivity contribution in [2.45, 2.75) is 24.7 Å². The Morgan fingerprint density at radius 2 is 2.33 bits per heavy atom. The highest BCUT2D eigenvalue weighted by atomic mass is 127. The molecule has 12 heavy (non-hydrogen) atoms. The molecule has 0 rings (SSSR count). The molecule has 70 valence electrons. The van der Waals surface area contributed by atoms with Crippen LogP contribution < -0.4 is 11.1 Å². The number of nitrogens with one attached hydrogen (secondary N) is 1. The van der Waals surface area contributed by atoms with E-state index < -0.39 is 0 Å². The molecule has 3 nitrogen and oxygen atoms in total. The second kappa shape index (κ2) is 6.28. The molecule has 0 fully saturated rings.